The van der Waals surface area contributed by atoms with Gasteiger partial charge in [0.05, 0.1) is 0 Å². The second-order valence-corrected chi connectivity index (χ2v) is 4.79. The molecular formula is C10H17NO. The van der Waals surface area contributed by atoms with Gasteiger partial charge < -0.3 is 5.11 Å². The lowest BCUT2D eigenvalue weighted by Gasteiger charge is -2.30. The molecule has 4 fully saturated rings. The number of piperidine rings is 1. The predicted molar refractivity (Wildman–Crippen MR) is 46.8 cm³/mol. The minimum absolute atomic E-state index is 0.399. The zero-order valence-corrected chi connectivity index (χ0v) is 7.45. The Labute approximate surface area is 73.6 Å². The third-order valence-electron chi connectivity index (χ3n) is 4.20. The minimum Gasteiger partial charge on any atom is -0.396 e. The highest BCUT2D eigenvalue weighted by Crippen LogP contribution is 2.50. The highest BCUT2D eigenvalue weighted by Gasteiger charge is 2.51. The molecule has 0 aromatic rings. The number of hydrogen-bond acceptors (Lipinski definition) is 2. The van der Waals surface area contributed by atoms with E-state index in [1.54, 1.807) is 0 Å². The van der Waals surface area contributed by atoms with Crippen LogP contribution in [0, 0.1) is 17.8 Å². The van der Waals surface area contributed by atoms with Crippen LogP contribution in [0.1, 0.15) is 19.3 Å². The molecular weight excluding hydrogens is 150 g/mol. The summed E-state index contributed by atoms with van der Waals surface area (Å²) in [6.07, 6.45) is 3.94. The molecule has 3 saturated heterocycles. The van der Waals surface area contributed by atoms with Crippen molar-refractivity contribution >= 4 is 0 Å². The van der Waals surface area contributed by atoms with E-state index in [-0.39, 0.29) is 0 Å². The first-order valence-electron chi connectivity index (χ1n) is 5.23. The van der Waals surface area contributed by atoms with E-state index >= 15 is 0 Å². The SMILES string of the molecule is OCCC1C2CC3CC1N(C3)C2. The van der Waals surface area contributed by atoms with E-state index in [4.69, 9.17) is 5.11 Å². The van der Waals surface area contributed by atoms with Crippen LogP contribution in [0.5, 0.6) is 0 Å². The predicted octanol–water partition coefficient (Wildman–Crippen LogP) is 0.709. The number of aliphatic hydroxyl groups is 1. The largest absolute Gasteiger partial charge is 0.396 e. The van der Waals surface area contributed by atoms with Gasteiger partial charge >= 0.3 is 0 Å². The molecule has 4 bridgehead atoms. The molecule has 0 spiro atoms. The third-order valence-corrected chi connectivity index (χ3v) is 4.20. The Morgan fingerprint density at radius 2 is 2.17 bits per heavy atom. The molecule has 1 aliphatic carbocycles. The van der Waals surface area contributed by atoms with Crippen molar-refractivity contribution in [3.8, 4) is 0 Å². The zero-order valence-electron chi connectivity index (χ0n) is 7.45. The molecule has 3 heterocycles. The molecule has 4 rings (SSSR count). The van der Waals surface area contributed by atoms with Crippen LogP contribution in [0.25, 0.3) is 0 Å². The lowest BCUT2D eigenvalue weighted by molar-refractivity contribution is 0.184. The van der Waals surface area contributed by atoms with Crippen LogP contribution in [0.3, 0.4) is 0 Å². The van der Waals surface area contributed by atoms with Crippen molar-refractivity contribution in [1.29, 1.82) is 0 Å². The zero-order chi connectivity index (χ0) is 8.13. The highest BCUT2D eigenvalue weighted by molar-refractivity contribution is 5.04. The molecule has 0 amide bonds. The Hall–Kier alpha value is -0.0800. The Morgan fingerprint density at radius 1 is 1.25 bits per heavy atom. The fourth-order valence-electron chi connectivity index (χ4n) is 3.86. The summed E-state index contributed by atoms with van der Waals surface area (Å²) in [5, 5.41) is 8.96. The van der Waals surface area contributed by atoms with E-state index in [0.717, 1.165) is 30.2 Å². The topological polar surface area (TPSA) is 23.5 Å². The van der Waals surface area contributed by atoms with E-state index in [1.165, 1.54) is 25.9 Å². The second-order valence-electron chi connectivity index (χ2n) is 4.79. The summed E-state index contributed by atoms with van der Waals surface area (Å²) in [6, 6.07) is 0.862. The number of rotatable bonds is 2. The van der Waals surface area contributed by atoms with Gasteiger partial charge in [0.1, 0.15) is 0 Å². The van der Waals surface area contributed by atoms with E-state index in [9.17, 15) is 0 Å². The molecule has 5 unspecified atom stereocenters. The van der Waals surface area contributed by atoms with Crippen molar-refractivity contribution < 1.29 is 5.11 Å². The summed E-state index contributed by atoms with van der Waals surface area (Å²) in [6.45, 7) is 3.10. The van der Waals surface area contributed by atoms with Crippen LogP contribution >= 0.6 is 0 Å². The van der Waals surface area contributed by atoms with Gasteiger partial charge in [0.2, 0.25) is 0 Å². The fraction of sp³-hybridized carbons (Fsp3) is 1.00. The maximum atomic E-state index is 8.96. The molecule has 1 N–H and O–H groups in total. The first kappa shape index (κ1) is 7.34. The van der Waals surface area contributed by atoms with Gasteiger partial charge in [-0.3, -0.25) is 4.90 Å². The molecule has 3 aliphatic heterocycles. The fourth-order valence-corrected chi connectivity index (χ4v) is 3.86. The first-order chi connectivity index (χ1) is 5.88. The smallest absolute Gasteiger partial charge is 0.0434 e. The summed E-state index contributed by atoms with van der Waals surface area (Å²) in [5.41, 5.74) is 0. The van der Waals surface area contributed by atoms with Gasteiger partial charge in [-0.25, -0.2) is 0 Å². The van der Waals surface area contributed by atoms with Crippen molar-refractivity contribution in [2.75, 3.05) is 19.7 Å². The summed E-state index contributed by atoms with van der Waals surface area (Å²) >= 11 is 0. The first-order valence-corrected chi connectivity index (χ1v) is 5.23. The molecule has 2 heteroatoms. The van der Waals surface area contributed by atoms with Gasteiger partial charge in [0, 0.05) is 25.7 Å². The van der Waals surface area contributed by atoms with E-state index in [2.05, 4.69) is 4.90 Å². The Bertz CT molecular complexity index is 190. The quantitative estimate of drug-likeness (QED) is 0.654. The van der Waals surface area contributed by atoms with Gasteiger partial charge in [-0.2, -0.15) is 0 Å². The average Bonchev–Trinajstić information content (AvgIpc) is 2.46. The van der Waals surface area contributed by atoms with E-state index in [1.807, 2.05) is 0 Å². The van der Waals surface area contributed by atoms with Gasteiger partial charge in [0.25, 0.3) is 0 Å². The maximum Gasteiger partial charge on any atom is 0.0434 e. The molecule has 4 aliphatic rings. The Morgan fingerprint density at radius 3 is 2.92 bits per heavy atom. The van der Waals surface area contributed by atoms with Crippen molar-refractivity contribution in [3.63, 3.8) is 0 Å². The van der Waals surface area contributed by atoms with Crippen molar-refractivity contribution in [2.45, 2.75) is 25.3 Å². The molecule has 68 valence electrons. The summed E-state index contributed by atoms with van der Waals surface area (Å²) in [4.78, 5) is 2.67. The van der Waals surface area contributed by atoms with Gasteiger partial charge in [0.15, 0.2) is 0 Å². The van der Waals surface area contributed by atoms with Crippen molar-refractivity contribution in [2.24, 2.45) is 17.8 Å². The standard InChI is InChI=1S/C10H17NO/c12-2-1-9-8-3-7-4-10(9)11(5-7)6-8/h7-10,12H,1-6H2. The van der Waals surface area contributed by atoms with Gasteiger partial charge in [-0.15, -0.1) is 0 Å². The monoisotopic (exact) mass is 167 g/mol. The van der Waals surface area contributed by atoms with Crippen LogP contribution in [-0.4, -0.2) is 35.7 Å². The second kappa shape index (κ2) is 2.46. The van der Waals surface area contributed by atoms with Crippen LogP contribution < -0.4 is 0 Å². The molecule has 1 saturated carbocycles. The van der Waals surface area contributed by atoms with Crippen molar-refractivity contribution in [3.05, 3.63) is 0 Å². The van der Waals surface area contributed by atoms with Crippen LogP contribution in [0.4, 0.5) is 0 Å². The normalized spacial score (nSPS) is 55.2. The van der Waals surface area contributed by atoms with Crippen LogP contribution in [0.2, 0.25) is 0 Å². The lowest BCUT2D eigenvalue weighted by Crippen LogP contribution is -2.28. The van der Waals surface area contributed by atoms with E-state index < -0.39 is 0 Å². The number of nitrogens with zero attached hydrogens (tertiary/aromatic N) is 1. The minimum atomic E-state index is 0.399. The molecule has 0 radical (unpaired) electrons. The summed E-state index contributed by atoms with van der Waals surface area (Å²) in [5.74, 6) is 2.80. The maximum absolute atomic E-state index is 8.96. The van der Waals surface area contributed by atoms with Crippen LogP contribution in [-0.2, 0) is 0 Å². The van der Waals surface area contributed by atoms with Crippen LogP contribution in [0.15, 0.2) is 0 Å². The molecule has 5 atom stereocenters. The summed E-state index contributed by atoms with van der Waals surface area (Å²) in [7, 11) is 0. The van der Waals surface area contributed by atoms with Gasteiger partial charge in [-0.1, -0.05) is 0 Å². The molecule has 2 nitrogen and oxygen atoms in total. The number of aliphatic hydroxyl groups excluding tert-OH is 1. The molecule has 0 aromatic heterocycles. The summed E-state index contributed by atoms with van der Waals surface area (Å²) < 4.78 is 0. The molecule has 0 aromatic carbocycles. The average molecular weight is 167 g/mol. The van der Waals surface area contributed by atoms with Crippen molar-refractivity contribution in [1.82, 2.24) is 4.90 Å². The van der Waals surface area contributed by atoms with E-state index in [0.29, 0.717) is 6.61 Å². The number of hydrogen-bond donors (Lipinski definition) is 1. The highest BCUT2D eigenvalue weighted by atomic mass is 16.3. The third kappa shape index (κ3) is 0.826. The van der Waals surface area contributed by atoms with Gasteiger partial charge in [-0.05, 0) is 37.0 Å². The Balaban J connectivity index is 1.81. The molecule has 12 heavy (non-hydrogen) atoms. The Kier molecular flexibility index (Phi) is 1.50. The lowest BCUT2D eigenvalue weighted by atomic mass is 9.74.